The SMILES string of the molecule is C=CCOc1c(Cl)cc(/C=C2/C(=O)N(C3CCCCC3)C(=S)N2C)cc1OC. The summed E-state index contributed by atoms with van der Waals surface area (Å²) < 4.78 is 11.0. The maximum Gasteiger partial charge on any atom is 0.277 e. The van der Waals surface area contributed by atoms with Crippen molar-refractivity contribution < 1.29 is 14.3 Å². The molecule has 1 aromatic rings. The Hall–Kier alpha value is -2.05. The first-order chi connectivity index (χ1) is 13.5. The quantitative estimate of drug-likeness (QED) is 0.381. The molecule has 1 saturated heterocycles. The Balaban J connectivity index is 1.91. The smallest absolute Gasteiger partial charge is 0.277 e. The van der Waals surface area contributed by atoms with Gasteiger partial charge in [-0.1, -0.05) is 43.5 Å². The van der Waals surface area contributed by atoms with Crippen LogP contribution < -0.4 is 9.47 Å². The Kier molecular flexibility index (Phi) is 6.62. The predicted molar refractivity (Wildman–Crippen MR) is 116 cm³/mol. The van der Waals surface area contributed by atoms with E-state index in [0.29, 0.717) is 33.9 Å². The van der Waals surface area contributed by atoms with Gasteiger partial charge in [-0.3, -0.25) is 9.69 Å². The van der Waals surface area contributed by atoms with E-state index in [-0.39, 0.29) is 11.9 Å². The minimum atomic E-state index is -0.0542. The van der Waals surface area contributed by atoms with Gasteiger partial charge in [0.25, 0.3) is 5.91 Å². The monoisotopic (exact) mass is 420 g/mol. The number of benzene rings is 1. The third kappa shape index (κ3) is 4.03. The van der Waals surface area contributed by atoms with Crippen molar-refractivity contribution in [2.24, 2.45) is 0 Å². The number of hydrogen-bond acceptors (Lipinski definition) is 4. The van der Waals surface area contributed by atoms with Gasteiger partial charge >= 0.3 is 0 Å². The van der Waals surface area contributed by atoms with Crippen molar-refractivity contribution in [2.45, 2.75) is 38.1 Å². The summed E-state index contributed by atoms with van der Waals surface area (Å²) in [5.74, 6) is 0.902. The molecule has 1 saturated carbocycles. The van der Waals surface area contributed by atoms with Gasteiger partial charge < -0.3 is 14.4 Å². The molecule has 1 aliphatic carbocycles. The van der Waals surface area contributed by atoms with Crippen LogP contribution in [0.1, 0.15) is 37.7 Å². The fourth-order valence-corrected chi connectivity index (χ4v) is 4.31. The van der Waals surface area contributed by atoms with E-state index in [1.165, 1.54) is 6.42 Å². The first kappa shape index (κ1) is 20.7. The molecule has 2 aliphatic rings. The summed E-state index contributed by atoms with van der Waals surface area (Å²) in [6.07, 6.45) is 8.94. The van der Waals surface area contributed by atoms with Gasteiger partial charge in [0.05, 0.1) is 12.1 Å². The second-order valence-electron chi connectivity index (χ2n) is 6.97. The van der Waals surface area contributed by atoms with E-state index in [4.69, 9.17) is 33.3 Å². The molecule has 1 aromatic carbocycles. The number of nitrogens with zero attached hydrogens (tertiary/aromatic N) is 2. The van der Waals surface area contributed by atoms with Crippen molar-refractivity contribution in [1.82, 2.24) is 9.80 Å². The van der Waals surface area contributed by atoms with Crippen molar-refractivity contribution in [3.63, 3.8) is 0 Å². The molecule has 0 bridgehead atoms. The lowest BCUT2D eigenvalue weighted by molar-refractivity contribution is -0.124. The molecule has 1 aliphatic heterocycles. The van der Waals surface area contributed by atoms with Gasteiger partial charge in [-0.15, -0.1) is 0 Å². The molecule has 1 heterocycles. The molecule has 0 N–H and O–H groups in total. The lowest BCUT2D eigenvalue weighted by atomic mass is 9.94. The molecule has 0 atom stereocenters. The Morgan fingerprint density at radius 2 is 2.04 bits per heavy atom. The van der Waals surface area contributed by atoms with E-state index in [9.17, 15) is 4.79 Å². The summed E-state index contributed by atoms with van der Waals surface area (Å²) >= 11 is 12.0. The molecule has 1 amide bonds. The Labute approximate surface area is 176 Å². The van der Waals surface area contributed by atoms with Crippen LogP contribution in [0.15, 0.2) is 30.5 Å². The Morgan fingerprint density at radius 3 is 2.68 bits per heavy atom. The number of methoxy groups -OCH3 is 1. The van der Waals surface area contributed by atoms with Gasteiger partial charge in [0.2, 0.25) is 0 Å². The molecular formula is C21H25ClN2O3S. The highest BCUT2D eigenvalue weighted by atomic mass is 35.5. The molecule has 0 unspecified atom stereocenters. The highest BCUT2D eigenvalue weighted by molar-refractivity contribution is 7.80. The maximum atomic E-state index is 13.1. The van der Waals surface area contributed by atoms with Crippen molar-refractivity contribution in [1.29, 1.82) is 0 Å². The summed E-state index contributed by atoms with van der Waals surface area (Å²) in [5, 5.41) is 0.972. The zero-order chi connectivity index (χ0) is 20.3. The molecule has 0 aromatic heterocycles. The van der Waals surface area contributed by atoms with Crippen molar-refractivity contribution in [3.05, 3.63) is 41.1 Å². The predicted octanol–water partition coefficient (Wildman–Crippen LogP) is 4.65. The number of amides is 1. The summed E-state index contributed by atoms with van der Waals surface area (Å²) in [5.41, 5.74) is 1.28. The van der Waals surface area contributed by atoms with E-state index in [0.717, 1.165) is 31.2 Å². The number of rotatable bonds is 6. The fraction of sp³-hybridized carbons (Fsp3) is 0.429. The van der Waals surface area contributed by atoms with Crippen molar-refractivity contribution in [3.8, 4) is 11.5 Å². The molecule has 2 fully saturated rings. The van der Waals surface area contributed by atoms with Crippen molar-refractivity contribution in [2.75, 3.05) is 20.8 Å². The summed E-state index contributed by atoms with van der Waals surface area (Å²) in [4.78, 5) is 16.7. The number of carbonyl (C=O) groups is 1. The van der Waals surface area contributed by atoms with Gasteiger partial charge in [-0.05, 0) is 48.8 Å². The number of ether oxygens (including phenoxy) is 2. The van der Waals surface area contributed by atoms with Crippen LogP contribution in [-0.2, 0) is 4.79 Å². The number of halogens is 1. The van der Waals surface area contributed by atoms with Gasteiger partial charge in [0, 0.05) is 13.1 Å². The topological polar surface area (TPSA) is 42.0 Å². The summed E-state index contributed by atoms with van der Waals surface area (Å²) in [7, 11) is 3.38. The number of likely N-dealkylation sites (N-methyl/N-ethyl adjacent to an activating group) is 1. The standard InChI is InChI=1S/C21H25ClN2O3S/c1-4-10-27-19-16(22)11-14(13-18(19)26-3)12-17-20(25)24(21(28)23(17)2)15-8-6-5-7-9-15/h4,11-13,15H,1,5-10H2,2-3H3/b17-12-. The second-order valence-corrected chi connectivity index (χ2v) is 7.74. The number of carbonyl (C=O) groups excluding carboxylic acids is 1. The van der Waals surface area contributed by atoms with Gasteiger partial charge in [-0.25, -0.2) is 0 Å². The molecule has 0 spiro atoms. The summed E-state index contributed by atoms with van der Waals surface area (Å²) in [6, 6.07) is 3.74. The molecule has 7 heteroatoms. The molecular weight excluding hydrogens is 396 g/mol. The third-order valence-electron chi connectivity index (χ3n) is 5.13. The van der Waals surface area contributed by atoms with E-state index >= 15 is 0 Å². The first-order valence-corrected chi connectivity index (χ1v) is 10.2. The number of thiocarbonyl (C=S) groups is 1. The van der Waals surface area contributed by atoms with E-state index in [1.54, 1.807) is 41.2 Å². The van der Waals surface area contributed by atoms with E-state index in [1.807, 2.05) is 7.05 Å². The van der Waals surface area contributed by atoms with Crippen LogP contribution in [0, 0.1) is 0 Å². The molecule has 5 nitrogen and oxygen atoms in total. The average Bonchev–Trinajstić information content (AvgIpc) is 2.90. The average molecular weight is 421 g/mol. The second kappa shape index (κ2) is 8.97. The van der Waals surface area contributed by atoms with Gasteiger partial charge in [0.15, 0.2) is 16.6 Å². The van der Waals surface area contributed by atoms with Crippen LogP contribution in [0.3, 0.4) is 0 Å². The lowest BCUT2D eigenvalue weighted by Crippen LogP contribution is -2.41. The van der Waals surface area contributed by atoms with Crippen LogP contribution in [0.2, 0.25) is 5.02 Å². The normalized spacial score (nSPS) is 19.5. The molecule has 150 valence electrons. The number of hydrogen-bond donors (Lipinski definition) is 0. The van der Waals surface area contributed by atoms with Crippen LogP contribution in [0.5, 0.6) is 11.5 Å². The molecule has 3 rings (SSSR count). The van der Waals surface area contributed by atoms with E-state index < -0.39 is 0 Å². The van der Waals surface area contributed by atoms with Gasteiger partial charge in [0.1, 0.15) is 12.3 Å². The third-order valence-corrected chi connectivity index (χ3v) is 5.88. The highest BCUT2D eigenvalue weighted by Gasteiger charge is 2.40. The van der Waals surface area contributed by atoms with Crippen LogP contribution in [-0.4, -0.2) is 47.6 Å². The van der Waals surface area contributed by atoms with Crippen LogP contribution >= 0.6 is 23.8 Å². The Morgan fingerprint density at radius 1 is 1.32 bits per heavy atom. The summed E-state index contributed by atoms with van der Waals surface area (Å²) in [6.45, 7) is 3.96. The Bertz CT molecular complexity index is 818. The largest absolute Gasteiger partial charge is 0.493 e. The first-order valence-electron chi connectivity index (χ1n) is 9.42. The highest BCUT2D eigenvalue weighted by Crippen LogP contribution is 2.38. The van der Waals surface area contributed by atoms with Crippen LogP contribution in [0.25, 0.3) is 6.08 Å². The van der Waals surface area contributed by atoms with Crippen LogP contribution in [0.4, 0.5) is 0 Å². The zero-order valence-electron chi connectivity index (χ0n) is 16.2. The fourth-order valence-electron chi connectivity index (χ4n) is 3.70. The molecule has 0 radical (unpaired) electrons. The minimum absolute atomic E-state index is 0.0542. The lowest BCUT2D eigenvalue weighted by Gasteiger charge is -2.30. The van der Waals surface area contributed by atoms with E-state index in [2.05, 4.69) is 6.58 Å². The van der Waals surface area contributed by atoms with Crippen molar-refractivity contribution >= 4 is 40.9 Å². The molecule has 28 heavy (non-hydrogen) atoms. The zero-order valence-corrected chi connectivity index (χ0v) is 17.8. The minimum Gasteiger partial charge on any atom is -0.493 e. The van der Waals surface area contributed by atoms with Gasteiger partial charge in [-0.2, -0.15) is 0 Å². The maximum absolute atomic E-state index is 13.1.